The van der Waals surface area contributed by atoms with E-state index >= 15 is 0 Å². The molecule has 0 N–H and O–H groups in total. The van der Waals surface area contributed by atoms with Gasteiger partial charge in [0.25, 0.3) is 11.1 Å². The van der Waals surface area contributed by atoms with Crippen molar-refractivity contribution in [3.63, 3.8) is 0 Å². The molecule has 0 saturated heterocycles. The van der Waals surface area contributed by atoms with Crippen LogP contribution in [0.2, 0.25) is 0 Å². The van der Waals surface area contributed by atoms with Crippen LogP contribution < -0.4 is 11.1 Å². The fourth-order valence-electron chi connectivity index (χ4n) is 3.79. The Morgan fingerprint density at radius 2 is 0.964 bits per heavy atom. The summed E-state index contributed by atoms with van der Waals surface area (Å²) in [4.78, 5) is 26.4. The van der Waals surface area contributed by atoms with Gasteiger partial charge in [0.15, 0.2) is 0 Å². The molecule has 140 valence electrons. The second-order valence-electron chi connectivity index (χ2n) is 7.24. The molecule has 0 bridgehead atoms. The summed E-state index contributed by atoms with van der Waals surface area (Å²) in [5.41, 5.74) is 5.19. The highest BCUT2D eigenvalue weighted by atomic mass is 16.1. The lowest BCUT2D eigenvalue weighted by Gasteiger charge is -2.16. The molecule has 2 heterocycles. The molecule has 0 aliphatic carbocycles. The third-order valence-corrected chi connectivity index (χ3v) is 5.49. The third kappa shape index (κ3) is 2.69. The van der Waals surface area contributed by atoms with Crippen molar-refractivity contribution in [2.24, 2.45) is 14.1 Å². The number of nitrogens with zero attached hydrogens (tertiary/aromatic N) is 2. The zero-order valence-corrected chi connectivity index (χ0v) is 16.5. The van der Waals surface area contributed by atoms with Crippen LogP contribution in [0.1, 0.15) is 11.1 Å². The highest BCUT2D eigenvalue weighted by Crippen LogP contribution is 2.27. The van der Waals surface area contributed by atoms with Crippen molar-refractivity contribution < 1.29 is 0 Å². The van der Waals surface area contributed by atoms with Gasteiger partial charge in [0, 0.05) is 25.2 Å². The van der Waals surface area contributed by atoms with Crippen LogP contribution in [0.15, 0.2) is 70.3 Å². The van der Waals surface area contributed by atoms with Gasteiger partial charge in [-0.2, -0.15) is 0 Å². The van der Waals surface area contributed by atoms with Gasteiger partial charge in [-0.1, -0.05) is 48.5 Å². The maximum atomic E-state index is 13.2. The minimum atomic E-state index is -0.164. The van der Waals surface area contributed by atoms with Gasteiger partial charge < -0.3 is 9.13 Å². The first-order valence-corrected chi connectivity index (χ1v) is 9.26. The number of hydrogen-bond acceptors (Lipinski definition) is 2. The zero-order chi connectivity index (χ0) is 20.0. The fourth-order valence-corrected chi connectivity index (χ4v) is 3.79. The monoisotopic (exact) mass is 370 g/mol. The van der Waals surface area contributed by atoms with Gasteiger partial charge in [-0.25, -0.2) is 0 Å². The molecular formula is C24H22N2O2. The predicted molar refractivity (Wildman–Crippen MR) is 115 cm³/mol. The minimum Gasteiger partial charge on any atom is -0.311 e. The third-order valence-electron chi connectivity index (χ3n) is 5.49. The molecule has 0 atom stereocenters. The summed E-state index contributed by atoms with van der Waals surface area (Å²) >= 11 is 0. The molecule has 2 aromatic carbocycles. The van der Waals surface area contributed by atoms with Crippen molar-refractivity contribution in [2.75, 3.05) is 0 Å². The lowest BCUT2D eigenvalue weighted by Crippen LogP contribution is -2.25. The predicted octanol–water partition coefficient (Wildman–Crippen LogP) is 4.19. The molecule has 0 spiro atoms. The van der Waals surface area contributed by atoms with Gasteiger partial charge in [-0.3, -0.25) is 9.59 Å². The van der Waals surface area contributed by atoms with E-state index in [4.69, 9.17) is 0 Å². The van der Waals surface area contributed by atoms with Crippen molar-refractivity contribution in [2.45, 2.75) is 13.8 Å². The molecule has 0 radical (unpaired) electrons. The van der Waals surface area contributed by atoms with Crippen molar-refractivity contribution in [3.8, 4) is 22.5 Å². The maximum Gasteiger partial charge on any atom is 0.258 e. The summed E-state index contributed by atoms with van der Waals surface area (Å²) in [6.45, 7) is 4.01. The lowest BCUT2D eigenvalue weighted by molar-refractivity contribution is 0.863. The molecule has 0 unspecified atom stereocenters. The quantitative estimate of drug-likeness (QED) is 0.531. The summed E-state index contributed by atoms with van der Waals surface area (Å²) in [7, 11) is 3.52. The van der Waals surface area contributed by atoms with E-state index < -0.39 is 0 Å². The molecule has 4 rings (SSSR count). The highest BCUT2D eigenvalue weighted by Gasteiger charge is 2.16. The van der Waals surface area contributed by atoms with Crippen LogP contribution in [-0.2, 0) is 14.1 Å². The van der Waals surface area contributed by atoms with Crippen molar-refractivity contribution in [3.05, 3.63) is 92.5 Å². The second kappa shape index (κ2) is 6.64. The summed E-state index contributed by atoms with van der Waals surface area (Å²) in [5.74, 6) is 0. The number of fused-ring (bicyclic) bond motifs is 1. The number of rotatable bonds is 2. The molecule has 4 aromatic rings. The van der Waals surface area contributed by atoms with Gasteiger partial charge in [0.1, 0.15) is 0 Å². The smallest absolute Gasteiger partial charge is 0.258 e. The summed E-state index contributed by atoms with van der Waals surface area (Å²) in [6, 6.07) is 19.4. The number of aryl methyl sites for hydroxylation is 2. The summed E-state index contributed by atoms with van der Waals surface area (Å²) < 4.78 is 3.26. The van der Waals surface area contributed by atoms with E-state index in [-0.39, 0.29) is 11.1 Å². The van der Waals surface area contributed by atoms with Gasteiger partial charge in [-0.05, 0) is 37.1 Å². The van der Waals surface area contributed by atoms with Gasteiger partial charge >= 0.3 is 0 Å². The Balaban J connectivity index is 2.10. The van der Waals surface area contributed by atoms with E-state index in [0.29, 0.717) is 10.8 Å². The second-order valence-corrected chi connectivity index (χ2v) is 7.24. The first kappa shape index (κ1) is 18.0. The Kier molecular flexibility index (Phi) is 4.27. The molecule has 0 aliphatic rings. The Labute approximate surface area is 163 Å². The molecule has 4 heteroatoms. The average Bonchev–Trinajstić information content (AvgIpc) is 2.69. The van der Waals surface area contributed by atoms with Crippen LogP contribution in [0.5, 0.6) is 0 Å². The van der Waals surface area contributed by atoms with Crippen molar-refractivity contribution in [1.82, 2.24) is 9.13 Å². The highest BCUT2D eigenvalue weighted by molar-refractivity contribution is 5.88. The van der Waals surface area contributed by atoms with Crippen molar-refractivity contribution in [1.29, 1.82) is 0 Å². The Hall–Kier alpha value is -3.40. The number of aromatic nitrogens is 2. The fraction of sp³-hybridized carbons (Fsp3) is 0.167. The molecule has 0 amide bonds. The van der Waals surface area contributed by atoms with Crippen LogP contribution in [0, 0.1) is 13.8 Å². The maximum absolute atomic E-state index is 13.2. The van der Waals surface area contributed by atoms with Crippen LogP contribution >= 0.6 is 0 Å². The van der Waals surface area contributed by atoms with Crippen molar-refractivity contribution >= 4 is 10.8 Å². The summed E-state index contributed by atoms with van der Waals surface area (Å²) in [6.07, 6.45) is 0. The van der Waals surface area contributed by atoms with E-state index in [1.54, 1.807) is 23.2 Å². The van der Waals surface area contributed by atoms with E-state index in [2.05, 4.69) is 0 Å². The first-order valence-electron chi connectivity index (χ1n) is 9.26. The SMILES string of the molecule is Cc1ccccc1-c1cc2c(=O)n(C)c(-c3ccccc3C)cc2c(=O)n1C. The standard InChI is InChI=1S/C24H22N2O2/c1-15-9-5-7-11-17(15)21-13-19-20(23(27)25(21)3)14-22(26(4)24(19)28)18-12-8-6-10-16(18)2/h5-14H,1-4H3. The molecular weight excluding hydrogens is 348 g/mol. The van der Waals surface area contributed by atoms with E-state index in [1.165, 1.54) is 0 Å². The van der Waals surface area contributed by atoms with Crippen LogP contribution in [0.4, 0.5) is 0 Å². The van der Waals surface area contributed by atoms with Crippen LogP contribution in [0.3, 0.4) is 0 Å². The normalized spacial score (nSPS) is 11.1. The zero-order valence-electron chi connectivity index (χ0n) is 16.5. The van der Waals surface area contributed by atoms with E-state index in [1.807, 2.05) is 74.5 Å². The van der Waals surface area contributed by atoms with Crippen LogP contribution in [0.25, 0.3) is 33.3 Å². The molecule has 4 nitrogen and oxygen atoms in total. The molecule has 0 aliphatic heterocycles. The van der Waals surface area contributed by atoms with Crippen LogP contribution in [-0.4, -0.2) is 9.13 Å². The van der Waals surface area contributed by atoms with Gasteiger partial charge in [0.05, 0.1) is 22.2 Å². The molecule has 2 aromatic heterocycles. The molecule has 0 saturated carbocycles. The van der Waals surface area contributed by atoms with E-state index in [9.17, 15) is 9.59 Å². The number of pyridine rings is 2. The molecule has 0 fully saturated rings. The lowest BCUT2D eigenvalue weighted by atomic mass is 10.0. The number of benzene rings is 2. The topological polar surface area (TPSA) is 44.0 Å². The Bertz CT molecular complexity index is 1240. The Morgan fingerprint density at radius 3 is 1.32 bits per heavy atom. The first-order chi connectivity index (χ1) is 13.4. The van der Waals surface area contributed by atoms with E-state index in [0.717, 1.165) is 33.6 Å². The van der Waals surface area contributed by atoms with Gasteiger partial charge in [-0.15, -0.1) is 0 Å². The summed E-state index contributed by atoms with van der Waals surface area (Å²) in [5, 5.41) is 0.891. The average molecular weight is 370 g/mol. The largest absolute Gasteiger partial charge is 0.311 e. The Morgan fingerprint density at radius 1 is 0.607 bits per heavy atom. The minimum absolute atomic E-state index is 0.164. The van der Waals surface area contributed by atoms with Gasteiger partial charge in [0.2, 0.25) is 0 Å². The molecule has 28 heavy (non-hydrogen) atoms. The number of hydrogen-bond donors (Lipinski definition) is 0.